The van der Waals surface area contributed by atoms with Gasteiger partial charge < -0.3 is 15.0 Å². The Kier molecular flexibility index (Phi) is 7.29. The summed E-state index contributed by atoms with van der Waals surface area (Å²) >= 11 is 5.98. The number of nitrogens with zero attached hydrogens (tertiary/aromatic N) is 1. The van der Waals surface area contributed by atoms with Crippen LogP contribution >= 0.6 is 11.6 Å². The van der Waals surface area contributed by atoms with E-state index in [2.05, 4.69) is 10.2 Å². The number of hydrogen-bond donors (Lipinski definition) is 1. The highest BCUT2D eigenvalue weighted by Gasteiger charge is 2.16. The van der Waals surface area contributed by atoms with Gasteiger partial charge in [0.15, 0.2) is 0 Å². The van der Waals surface area contributed by atoms with E-state index in [1.54, 1.807) is 12.1 Å². The number of hydrogen-bond acceptors (Lipinski definition) is 3. The molecule has 0 saturated carbocycles. The van der Waals surface area contributed by atoms with Crippen LogP contribution in [0.1, 0.15) is 35.3 Å². The van der Waals surface area contributed by atoms with Crippen molar-refractivity contribution in [2.75, 3.05) is 27.2 Å². The molecular weight excluding hydrogens is 336 g/mol. The largest absolute Gasteiger partial charge is 0.494 e. The average molecular weight is 361 g/mol. The summed E-state index contributed by atoms with van der Waals surface area (Å²) in [4.78, 5) is 14.8. The lowest BCUT2D eigenvalue weighted by Crippen LogP contribution is -2.31. The molecule has 0 fully saturated rings. The van der Waals surface area contributed by atoms with Crippen LogP contribution in [-0.2, 0) is 0 Å². The molecule has 0 heterocycles. The zero-order valence-corrected chi connectivity index (χ0v) is 15.7. The molecule has 134 valence electrons. The number of nitrogens with one attached hydrogen (secondary N) is 1. The number of ether oxygens (including phenoxy) is 1. The Bertz CT molecular complexity index is 686. The van der Waals surface area contributed by atoms with Gasteiger partial charge in [-0.25, -0.2) is 0 Å². The second-order valence-electron chi connectivity index (χ2n) is 6.13. The zero-order valence-electron chi connectivity index (χ0n) is 15.0. The van der Waals surface area contributed by atoms with Crippen LogP contribution in [0, 0.1) is 0 Å². The van der Waals surface area contributed by atoms with Crippen molar-refractivity contribution >= 4 is 17.5 Å². The van der Waals surface area contributed by atoms with E-state index in [-0.39, 0.29) is 11.9 Å². The van der Waals surface area contributed by atoms with Crippen LogP contribution in [0.3, 0.4) is 0 Å². The Labute approximate surface area is 154 Å². The van der Waals surface area contributed by atoms with Crippen LogP contribution in [0.5, 0.6) is 5.75 Å². The number of carbonyl (C=O) groups is 1. The van der Waals surface area contributed by atoms with E-state index in [4.69, 9.17) is 16.3 Å². The Morgan fingerprint density at radius 2 is 1.92 bits per heavy atom. The number of carbonyl (C=O) groups excluding carboxylic acids is 1. The van der Waals surface area contributed by atoms with Crippen molar-refractivity contribution in [3.63, 3.8) is 0 Å². The second-order valence-corrected chi connectivity index (χ2v) is 6.57. The van der Waals surface area contributed by atoms with E-state index in [9.17, 15) is 4.79 Å². The van der Waals surface area contributed by atoms with Gasteiger partial charge in [-0.1, -0.05) is 29.8 Å². The van der Waals surface area contributed by atoms with Crippen molar-refractivity contribution in [1.29, 1.82) is 0 Å². The predicted octanol–water partition coefficient (Wildman–Crippen LogP) is 4.16. The maximum absolute atomic E-state index is 12.7. The van der Waals surface area contributed by atoms with Crippen molar-refractivity contribution in [2.24, 2.45) is 0 Å². The van der Waals surface area contributed by atoms with Gasteiger partial charge in [-0.05, 0) is 69.9 Å². The maximum atomic E-state index is 12.7. The van der Waals surface area contributed by atoms with E-state index < -0.39 is 0 Å². The molecule has 4 nitrogen and oxygen atoms in total. The SMILES string of the molecule is CCOc1cccc(C(=O)NC(CCN(C)C)c2ccc(Cl)cc2)c1. The van der Waals surface area contributed by atoms with Gasteiger partial charge in [-0.15, -0.1) is 0 Å². The van der Waals surface area contributed by atoms with Gasteiger partial charge in [-0.3, -0.25) is 4.79 Å². The molecule has 0 spiro atoms. The van der Waals surface area contributed by atoms with Crippen LogP contribution in [-0.4, -0.2) is 38.1 Å². The van der Waals surface area contributed by atoms with Crippen molar-refractivity contribution in [2.45, 2.75) is 19.4 Å². The standard InChI is InChI=1S/C20H25ClN2O2/c1-4-25-18-7-5-6-16(14-18)20(24)22-19(12-13-23(2)3)15-8-10-17(21)11-9-15/h5-11,14,19H,4,12-13H2,1-3H3,(H,22,24). The minimum absolute atomic E-state index is 0.0806. The van der Waals surface area contributed by atoms with E-state index in [0.717, 1.165) is 18.5 Å². The fraction of sp³-hybridized carbons (Fsp3) is 0.350. The molecule has 25 heavy (non-hydrogen) atoms. The van der Waals surface area contributed by atoms with Gasteiger partial charge in [-0.2, -0.15) is 0 Å². The molecular formula is C20H25ClN2O2. The minimum atomic E-state index is -0.111. The predicted molar refractivity (Wildman–Crippen MR) is 102 cm³/mol. The highest BCUT2D eigenvalue weighted by atomic mass is 35.5. The molecule has 1 unspecified atom stereocenters. The first kappa shape index (κ1) is 19.3. The van der Waals surface area contributed by atoms with Crippen molar-refractivity contribution in [3.8, 4) is 5.75 Å². The molecule has 0 aliphatic heterocycles. The Morgan fingerprint density at radius 1 is 1.20 bits per heavy atom. The van der Waals surface area contributed by atoms with Gasteiger partial charge in [0, 0.05) is 10.6 Å². The molecule has 5 heteroatoms. The first-order valence-electron chi connectivity index (χ1n) is 8.43. The second kappa shape index (κ2) is 9.44. The summed E-state index contributed by atoms with van der Waals surface area (Å²) in [6.45, 7) is 3.36. The number of amides is 1. The summed E-state index contributed by atoms with van der Waals surface area (Å²) in [5.41, 5.74) is 1.63. The number of halogens is 1. The van der Waals surface area contributed by atoms with Gasteiger partial charge in [0.1, 0.15) is 5.75 Å². The minimum Gasteiger partial charge on any atom is -0.494 e. The highest BCUT2D eigenvalue weighted by Crippen LogP contribution is 2.21. The van der Waals surface area contributed by atoms with Gasteiger partial charge in [0.05, 0.1) is 12.6 Å². The fourth-order valence-corrected chi connectivity index (χ4v) is 2.67. The molecule has 2 aromatic carbocycles. The lowest BCUT2D eigenvalue weighted by atomic mass is 10.0. The van der Waals surface area contributed by atoms with Gasteiger partial charge in [0.25, 0.3) is 5.91 Å². The highest BCUT2D eigenvalue weighted by molar-refractivity contribution is 6.30. The topological polar surface area (TPSA) is 41.6 Å². The van der Waals surface area contributed by atoms with E-state index in [1.165, 1.54) is 0 Å². The van der Waals surface area contributed by atoms with Crippen LogP contribution in [0.15, 0.2) is 48.5 Å². The van der Waals surface area contributed by atoms with Crippen molar-refractivity contribution < 1.29 is 9.53 Å². The fourth-order valence-electron chi connectivity index (χ4n) is 2.54. The molecule has 2 aromatic rings. The van der Waals surface area contributed by atoms with Crippen LogP contribution < -0.4 is 10.1 Å². The average Bonchev–Trinajstić information content (AvgIpc) is 2.59. The first-order chi connectivity index (χ1) is 12.0. The molecule has 1 N–H and O–H groups in total. The van der Waals surface area contributed by atoms with Crippen LogP contribution in [0.25, 0.3) is 0 Å². The molecule has 1 amide bonds. The van der Waals surface area contributed by atoms with Crippen molar-refractivity contribution in [3.05, 3.63) is 64.7 Å². The molecule has 0 aromatic heterocycles. The van der Waals surface area contributed by atoms with Gasteiger partial charge in [0.2, 0.25) is 0 Å². The third kappa shape index (κ3) is 6.07. The third-order valence-corrected chi connectivity index (χ3v) is 4.10. The van der Waals surface area contributed by atoms with E-state index in [0.29, 0.717) is 22.9 Å². The summed E-state index contributed by atoms with van der Waals surface area (Å²) < 4.78 is 5.48. The molecule has 0 bridgehead atoms. The first-order valence-corrected chi connectivity index (χ1v) is 8.81. The summed E-state index contributed by atoms with van der Waals surface area (Å²) in [5, 5.41) is 3.82. The summed E-state index contributed by atoms with van der Waals surface area (Å²) in [5.74, 6) is 0.590. The quantitative estimate of drug-likeness (QED) is 0.768. The summed E-state index contributed by atoms with van der Waals surface area (Å²) in [6, 6.07) is 14.8. The van der Waals surface area contributed by atoms with Crippen LogP contribution in [0.2, 0.25) is 5.02 Å². The normalized spacial score (nSPS) is 12.0. The monoisotopic (exact) mass is 360 g/mol. The van der Waals surface area contributed by atoms with E-state index in [1.807, 2.05) is 57.4 Å². The lowest BCUT2D eigenvalue weighted by molar-refractivity contribution is 0.0932. The lowest BCUT2D eigenvalue weighted by Gasteiger charge is -2.21. The number of benzene rings is 2. The van der Waals surface area contributed by atoms with E-state index >= 15 is 0 Å². The molecule has 1 atom stereocenters. The Balaban J connectivity index is 2.15. The van der Waals surface area contributed by atoms with Crippen molar-refractivity contribution in [1.82, 2.24) is 10.2 Å². The van der Waals surface area contributed by atoms with Crippen LogP contribution in [0.4, 0.5) is 0 Å². The maximum Gasteiger partial charge on any atom is 0.251 e. The Morgan fingerprint density at radius 3 is 2.56 bits per heavy atom. The molecule has 0 radical (unpaired) electrons. The number of rotatable bonds is 8. The molecule has 2 rings (SSSR count). The Hall–Kier alpha value is -2.04. The smallest absolute Gasteiger partial charge is 0.251 e. The molecule has 0 aliphatic carbocycles. The third-order valence-electron chi connectivity index (χ3n) is 3.85. The molecule has 0 aliphatic rings. The molecule has 0 saturated heterocycles. The van der Waals surface area contributed by atoms with Gasteiger partial charge >= 0.3 is 0 Å². The summed E-state index contributed by atoms with van der Waals surface area (Å²) in [7, 11) is 4.04. The zero-order chi connectivity index (χ0) is 18.2. The summed E-state index contributed by atoms with van der Waals surface area (Å²) in [6.07, 6.45) is 0.811.